The summed E-state index contributed by atoms with van der Waals surface area (Å²) < 4.78 is 39.8. The lowest BCUT2D eigenvalue weighted by atomic mass is 10.1. The van der Waals surface area contributed by atoms with Gasteiger partial charge in [0.15, 0.2) is 11.5 Å². The van der Waals surface area contributed by atoms with Crippen molar-refractivity contribution in [3.8, 4) is 11.5 Å². The number of carbonyl (C=O) groups excluding carboxylic acids is 2. The third-order valence-corrected chi connectivity index (χ3v) is 8.87. The van der Waals surface area contributed by atoms with Crippen LogP contribution in [0.4, 0.5) is 5.69 Å². The highest BCUT2D eigenvalue weighted by Crippen LogP contribution is 2.34. The van der Waals surface area contributed by atoms with Crippen molar-refractivity contribution in [2.24, 2.45) is 0 Å². The highest BCUT2D eigenvalue weighted by molar-refractivity contribution is 7.92. The Balaban J connectivity index is 2.09. The predicted octanol–water partition coefficient (Wildman–Crippen LogP) is 4.93. The van der Waals surface area contributed by atoms with Gasteiger partial charge in [-0.1, -0.05) is 62.7 Å². The van der Waals surface area contributed by atoms with Crippen LogP contribution in [0, 0.1) is 6.92 Å². The Morgan fingerprint density at radius 1 is 0.905 bits per heavy atom. The lowest BCUT2D eigenvalue weighted by Crippen LogP contribution is -2.52. The molecule has 1 atom stereocenters. The number of rotatable bonds is 15. The lowest BCUT2D eigenvalue weighted by molar-refractivity contribution is -0.140. The van der Waals surface area contributed by atoms with Gasteiger partial charge in [0.2, 0.25) is 11.8 Å². The first-order chi connectivity index (χ1) is 20.2. The summed E-state index contributed by atoms with van der Waals surface area (Å²) in [6.07, 6.45) is 2.09. The lowest BCUT2D eigenvalue weighted by Gasteiger charge is -2.33. The Bertz CT molecular complexity index is 1450. The van der Waals surface area contributed by atoms with Gasteiger partial charge in [0.05, 0.1) is 24.8 Å². The molecule has 0 spiro atoms. The quantitative estimate of drug-likeness (QED) is 0.250. The number of anilines is 1. The van der Waals surface area contributed by atoms with E-state index in [4.69, 9.17) is 9.47 Å². The van der Waals surface area contributed by atoms with E-state index < -0.39 is 28.5 Å². The first-order valence-electron chi connectivity index (χ1n) is 14.1. The number of aryl methyl sites for hydroxylation is 1. The van der Waals surface area contributed by atoms with E-state index in [1.165, 1.54) is 37.3 Å². The van der Waals surface area contributed by atoms with E-state index >= 15 is 0 Å². The van der Waals surface area contributed by atoms with Gasteiger partial charge in [-0.05, 0) is 55.2 Å². The summed E-state index contributed by atoms with van der Waals surface area (Å²) in [5.41, 5.74) is 2.06. The number of nitrogens with one attached hydrogen (secondary N) is 1. The van der Waals surface area contributed by atoms with Crippen LogP contribution in [-0.2, 0) is 26.2 Å². The van der Waals surface area contributed by atoms with Crippen molar-refractivity contribution in [1.29, 1.82) is 0 Å². The first-order valence-corrected chi connectivity index (χ1v) is 15.5. The highest BCUT2D eigenvalue weighted by Gasteiger charge is 2.34. The molecule has 0 aromatic heterocycles. The molecule has 2 amide bonds. The van der Waals surface area contributed by atoms with Gasteiger partial charge in [0.25, 0.3) is 10.0 Å². The monoisotopic (exact) mass is 595 g/mol. The van der Waals surface area contributed by atoms with Gasteiger partial charge in [0.1, 0.15) is 12.6 Å². The summed E-state index contributed by atoms with van der Waals surface area (Å²) >= 11 is 0. The SMILES string of the molecule is CCCCNC(=O)[C@H](CC)N(Cc1ccccc1C)C(=O)CN(c1ccc(OC)c(OC)c1)S(=O)(=O)c1ccccc1. The van der Waals surface area contributed by atoms with E-state index in [1.54, 1.807) is 30.3 Å². The number of hydrogen-bond donors (Lipinski definition) is 1. The Morgan fingerprint density at radius 2 is 1.57 bits per heavy atom. The van der Waals surface area contributed by atoms with Crippen LogP contribution in [0.25, 0.3) is 0 Å². The molecule has 0 aliphatic heterocycles. The summed E-state index contributed by atoms with van der Waals surface area (Å²) in [4.78, 5) is 29.1. The number of ether oxygens (including phenoxy) is 2. The minimum absolute atomic E-state index is 0.0300. The summed E-state index contributed by atoms with van der Waals surface area (Å²) in [6, 6.07) is 19.4. The average molecular weight is 596 g/mol. The van der Waals surface area contributed by atoms with E-state index in [0.29, 0.717) is 24.5 Å². The van der Waals surface area contributed by atoms with Crippen molar-refractivity contribution in [3.63, 3.8) is 0 Å². The molecular weight excluding hydrogens is 554 g/mol. The Morgan fingerprint density at radius 3 is 2.19 bits per heavy atom. The van der Waals surface area contributed by atoms with Crippen molar-refractivity contribution < 1.29 is 27.5 Å². The van der Waals surface area contributed by atoms with E-state index in [2.05, 4.69) is 5.32 Å². The number of nitrogens with zero attached hydrogens (tertiary/aromatic N) is 2. The first kappa shape index (κ1) is 32.5. The molecule has 0 heterocycles. The summed E-state index contributed by atoms with van der Waals surface area (Å²) in [6.45, 7) is 5.94. The summed E-state index contributed by atoms with van der Waals surface area (Å²) in [5.74, 6) is -0.0451. The molecule has 3 rings (SSSR count). The van der Waals surface area contributed by atoms with Gasteiger partial charge in [-0.25, -0.2) is 8.42 Å². The summed E-state index contributed by atoms with van der Waals surface area (Å²) in [5, 5.41) is 2.94. The number of benzene rings is 3. The number of carbonyl (C=O) groups is 2. The standard InChI is InChI=1S/C32H41N3O6S/c1-6-8-20-33-32(37)28(7-2)34(22-25-15-13-12-14-24(25)3)31(36)23-35(42(38,39)27-16-10-9-11-17-27)26-18-19-29(40-4)30(21-26)41-5/h9-19,21,28H,6-8,20,22-23H2,1-5H3,(H,33,37)/t28-/m0/s1. The second-order valence-corrected chi connectivity index (χ2v) is 11.7. The normalized spacial score (nSPS) is 11.8. The minimum atomic E-state index is -4.19. The van der Waals surface area contributed by atoms with Gasteiger partial charge >= 0.3 is 0 Å². The topological polar surface area (TPSA) is 105 Å². The van der Waals surface area contributed by atoms with Crippen LogP contribution >= 0.6 is 0 Å². The van der Waals surface area contributed by atoms with E-state index in [9.17, 15) is 18.0 Å². The molecule has 0 bridgehead atoms. The Kier molecular flexibility index (Phi) is 11.8. The van der Waals surface area contributed by atoms with Crippen molar-refractivity contribution >= 4 is 27.5 Å². The Hall–Kier alpha value is -4.05. The summed E-state index contributed by atoms with van der Waals surface area (Å²) in [7, 11) is -1.25. The molecule has 0 aliphatic rings. The highest BCUT2D eigenvalue weighted by atomic mass is 32.2. The van der Waals surface area contributed by atoms with Crippen molar-refractivity contribution in [2.45, 2.75) is 57.5 Å². The van der Waals surface area contributed by atoms with Crippen LogP contribution in [-0.4, -0.2) is 58.5 Å². The van der Waals surface area contributed by atoms with Crippen molar-refractivity contribution in [1.82, 2.24) is 10.2 Å². The van der Waals surface area contributed by atoms with Crippen molar-refractivity contribution in [3.05, 3.63) is 83.9 Å². The number of hydrogen-bond acceptors (Lipinski definition) is 6. The zero-order valence-corrected chi connectivity index (χ0v) is 25.8. The van der Waals surface area contributed by atoms with Crippen LogP contribution in [0.3, 0.4) is 0 Å². The molecular formula is C32H41N3O6S. The van der Waals surface area contributed by atoms with Gasteiger partial charge < -0.3 is 19.7 Å². The molecule has 0 saturated heterocycles. The molecule has 0 fully saturated rings. The van der Waals surface area contributed by atoms with Gasteiger partial charge in [-0.2, -0.15) is 0 Å². The Labute approximate surface area is 249 Å². The van der Waals surface area contributed by atoms with E-state index in [0.717, 1.165) is 28.3 Å². The minimum Gasteiger partial charge on any atom is -0.493 e. The number of sulfonamides is 1. The molecule has 10 heteroatoms. The van der Waals surface area contributed by atoms with E-state index in [1.807, 2.05) is 45.0 Å². The predicted molar refractivity (Wildman–Crippen MR) is 164 cm³/mol. The largest absolute Gasteiger partial charge is 0.493 e. The third-order valence-electron chi connectivity index (χ3n) is 7.08. The average Bonchev–Trinajstić information content (AvgIpc) is 3.00. The van der Waals surface area contributed by atoms with Crippen LogP contribution in [0.2, 0.25) is 0 Å². The molecule has 0 saturated carbocycles. The van der Waals surface area contributed by atoms with Gasteiger partial charge in [-0.15, -0.1) is 0 Å². The maximum absolute atomic E-state index is 14.2. The fourth-order valence-corrected chi connectivity index (χ4v) is 6.05. The maximum atomic E-state index is 14.2. The van der Waals surface area contributed by atoms with Crippen LogP contribution in [0.1, 0.15) is 44.2 Å². The number of methoxy groups -OCH3 is 2. The second kappa shape index (κ2) is 15.3. The second-order valence-electron chi connectivity index (χ2n) is 9.88. The molecule has 3 aromatic rings. The van der Waals surface area contributed by atoms with Crippen LogP contribution in [0.5, 0.6) is 11.5 Å². The van der Waals surface area contributed by atoms with Crippen molar-refractivity contribution in [2.75, 3.05) is 31.6 Å². The van der Waals surface area contributed by atoms with Gasteiger partial charge in [0, 0.05) is 19.2 Å². The van der Waals surface area contributed by atoms with Crippen LogP contribution in [0.15, 0.2) is 77.7 Å². The molecule has 0 unspecified atom stereocenters. The molecule has 226 valence electrons. The zero-order valence-electron chi connectivity index (χ0n) is 25.0. The molecule has 1 N–H and O–H groups in total. The maximum Gasteiger partial charge on any atom is 0.264 e. The zero-order chi connectivity index (χ0) is 30.7. The molecule has 0 radical (unpaired) electrons. The molecule has 3 aromatic carbocycles. The third kappa shape index (κ3) is 7.82. The fraction of sp³-hybridized carbons (Fsp3) is 0.375. The number of amides is 2. The van der Waals surface area contributed by atoms with Crippen LogP contribution < -0.4 is 19.1 Å². The molecule has 42 heavy (non-hydrogen) atoms. The van der Waals surface area contributed by atoms with Gasteiger partial charge in [-0.3, -0.25) is 13.9 Å². The number of unbranched alkanes of at least 4 members (excludes halogenated alkanes) is 1. The van der Waals surface area contributed by atoms with E-state index in [-0.39, 0.29) is 23.0 Å². The fourth-order valence-electron chi connectivity index (χ4n) is 4.63. The molecule has 9 nitrogen and oxygen atoms in total. The smallest absolute Gasteiger partial charge is 0.264 e. The molecule has 0 aliphatic carbocycles.